The SMILES string of the molecule is COc1cccc(CC(=O)N2CCN(c3ccc(-c4cccs4)nn3)CC2)c1. The van der Waals surface area contributed by atoms with Gasteiger partial charge in [-0.1, -0.05) is 18.2 Å². The van der Waals surface area contributed by atoms with E-state index in [9.17, 15) is 4.79 Å². The molecule has 1 saturated heterocycles. The number of amides is 1. The van der Waals surface area contributed by atoms with Crippen LogP contribution < -0.4 is 9.64 Å². The molecule has 28 heavy (non-hydrogen) atoms. The second kappa shape index (κ2) is 8.39. The van der Waals surface area contributed by atoms with Gasteiger partial charge in [0.1, 0.15) is 11.4 Å². The highest BCUT2D eigenvalue weighted by Crippen LogP contribution is 2.23. The summed E-state index contributed by atoms with van der Waals surface area (Å²) in [4.78, 5) is 17.8. The molecule has 6 nitrogen and oxygen atoms in total. The van der Waals surface area contributed by atoms with Gasteiger partial charge < -0.3 is 14.5 Å². The smallest absolute Gasteiger partial charge is 0.227 e. The van der Waals surface area contributed by atoms with Gasteiger partial charge in [-0.15, -0.1) is 21.5 Å². The van der Waals surface area contributed by atoms with Crippen molar-refractivity contribution in [1.29, 1.82) is 0 Å². The van der Waals surface area contributed by atoms with Gasteiger partial charge in [0.05, 0.1) is 18.4 Å². The van der Waals surface area contributed by atoms with E-state index in [1.165, 1.54) is 0 Å². The number of ether oxygens (including phenoxy) is 1. The zero-order valence-electron chi connectivity index (χ0n) is 15.7. The number of methoxy groups -OCH3 is 1. The Morgan fingerprint density at radius 1 is 1.07 bits per heavy atom. The van der Waals surface area contributed by atoms with Crippen LogP contribution in [-0.2, 0) is 11.2 Å². The van der Waals surface area contributed by atoms with Gasteiger partial charge in [-0.2, -0.15) is 0 Å². The summed E-state index contributed by atoms with van der Waals surface area (Å²) in [5.74, 6) is 1.78. The van der Waals surface area contributed by atoms with Crippen molar-refractivity contribution in [1.82, 2.24) is 15.1 Å². The first-order chi connectivity index (χ1) is 13.7. The normalized spacial score (nSPS) is 14.2. The summed E-state index contributed by atoms with van der Waals surface area (Å²) < 4.78 is 5.23. The summed E-state index contributed by atoms with van der Waals surface area (Å²) in [5.41, 5.74) is 1.87. The zero-order chi connectivity index (χ0) is 19.3. The summed E-state index contributed by atoms with van der Waals surface area (Å²) >= 11 is 1.66. The van der Waals surface area contributed by atoms with E-state index in [1.807, 2.05) is 58.8 Å². The number of hydrogen-bond acceptors (Lipinski definition) is 6. The first kappa shape index (κ1) is 18.4. The van der Waals surface area contributed by atoms with E-state index in [-0.39, 0.29) is 5.91 Å². The fraction of sp³-hybridized carbons (Fsp3) is 0.286. The molecule has 0 bridgehead atoms. The van der Waals surface area contributed by atoms with Crippen molar-refractivity contribution < 1.29 is 9.53 Å². The number of piperazine rings is 1. The van der Waals surface area contributed by atoms with Crippen LogP contribution >= 0.6 is 11.3 Å². The van der Waals surface area contributed by atoms with Crippen LogP contribution in [0.4, 0.5) is 5.82 Å². The Bertz CT molecular complexity index is 920. The van der Waals surface area contributed by atoms with Gasteiger partial charge in [0.15, 0.2) is 5.82 Å². The van der Waals surface area contributed by atoms with E-state index in [4.69, 9.17) is 4.74 Å². The fourth-order valence-electron chi connectivity index (χ4n) is 3.30. The maximum atomic E-state index is 12.6. The lowest BCUT2D eigenvalue weighted by Gasteiger charge is -2.35. The Morgan fingerprint density at radius 2 is 1.93 bits per heavy atom. The predicted octanol–water partition coefficient (Wildman–Crippen LogP) is 3.11. The van der Waals surface area contributed by atoms with Crippen LogP contribution in [0.15, 0.2) is 53.9 Å². The lowest BCUT2D eigenvalue weighted by molar-refractivity contribution is -0.130. The van der Waals surface area contributed by atoms with Crippen LogP contribution in [0.3, 0.4) is 0 Å². The number of carbonyl (C=O) groups excluding carboxylic acids is 1. The minimum atomic E-state index is 0.145. The molecule has 1 aromatic carbocycles. The number of benzene rings is 1. The summed E-state index contributed by atoms with van der Waals surface area (Å²) in [6, 6.07) is 15.7. The molecule has 1 fully saturated rings. The molecule has 3 heterocycles. The summed E-state index contributed by atoms with van der Waals surface area (Å²) in [6.45, 7) is 2.90. The largest absolute Gasteiger partial charge is 0.497 e. The van der Waals surface area contributed by atoms with Gasteiger partial charge in [-0.05, 0) is 41.3 Å². The van der Waals surface area contributed by atoms with Crippen LogP contribution in [0.25, 0.3) is 10.6 Å². The molecular formula is C21H22N4O2S. The van der Waals surface area contributed by atoms with Crippen molar-refractivity contribution in [2.45, 2.75) is 6.42 Å². The Kier molecular flexibility index (Phi) is 5.53. The van der Waals surface area contributed by atoms with Gasteiger partial charge in [0, 0.05) is 26.2 Å². The molecule has 1 aliphatic heterocycles. The minimum Gasteiger partial charge on any atom is -0.497 e. The molecule has 0 unspecified atom stereocenters. The molecule has 0 spiro atoms. The predicted molar refractivity (Wildman–Crippen MR) is 111 cm³/mol. The van der Waals surface area contributed by atoms with Crippen LogP contribution in [0.5, 0.6) is 5.75 Å². The van der Waals surface area contributed by atoms with Crippen molar-refractivity contribution >= 4 is 23.1 Å². The third-order valence-electron chi connectivity index (χ3n) is 4.87. The lowest BCUT2D eigenvalue weighted by atomic mass is 10.1. The van der Waals surface area contributed by atoms with E-state index < -0.39 is 0 Å². The van der Waals surface area contributed by atoms with Crippen molar-refractivity contribution in [3.8, 4) is 16.3 Å². The monoisotopic (exact) mass is 394 g/mol. The molecule has 2 aromatic heterocycles. The summed E-state index contributed by atoms with van der Waals surface area (Å²) in [6.07, 6.45) is 0.395. The van der Waals surface area contributed by atoms with Crippen molar-refractivity contribution in [3.05, 3.63) is 59.5 Å². The molecule has 0 saturated carbocycles. The van der Waals surface area contributed by atoms with Gasteiger partial charge in [-0.3, -0.25) is 4.79 Å². The molecule has 4 rings (SSSR count). The summed E-state index contributed by atoms with van der Waals surface area (Å²) in [7, 11) is 1.63. The van der Waals surface area contributed by atoms with Crippen molar-refractivity contribution in [2.24, 2.45) is 0 Å². The first-order valence-electron chi connectivity index (χ1n) is 9.26. The highest BCUT2D eigenvalue weighted by atomic mass is 32.1. The Balaban J connectivity index is 1.33. The Hall–Kier alpha value is -2.93. The number of nitrogens with zero attached hydrogens (tertiary/aromatic N) is 4. The van der Waals surface area contributed by atoms with Crippen LogP contribution in [0.1, 0.15) is 5.56 Å². The molecule has 1 aliphatic rings. The Labute approximate surface area is 168 Å². The van der Waals surface area contributed by atoms with E-state index in [1.54, 1.807) is 18.4 Å². The quantitative estimate of drug-likeness (QED) is 0.666. The standard InChI is InChI=1S/C21H22N4O2S/c1-27-17-5-2-4-16(14-17)15-21(26)25-11-9-24(10-12-25)20-8-7-18(22-23-20)19-6-3-13-28-19/h2-8,13-14H,9-12,15H2,1H3. The highest BCUT2D eigenvalue weighted by molar-refractivity contribution is 7.13. The second-order valence-electron chi connectivity index (χ2n) is 6.65. The third kappa shape index (κ3) is 4.14. The van der Waals surface area contributed by atoms with E-state index in [0.717, 1.165) is 40.8 Å². The molecule has 3 aromatic rings. The molecule has 144 valence electrons. The number of anilines is 1. The minimum absolute atomic E-state index is 0.145. The molecule has 0 N–H and O–H groups in total. The zero-order valence-corrected chi connectivity index (χ0v) is 16.6. The van der Waals surface area contributed by atoms with Gasteiger partial charge in [0.25, 0.3) is 0 Å². The summed E-state index contributed by atoms with van der Waals surface area (Å²) in [5, 5.41) is 10.8. The molecule has 1 amide bonds. The Morgan fingerprint density at radius 3 is 2.61 bits per heavy atom. The lowest BCUT2D eigenvalue weighted by Crippen LogP contribution is -2.49. The molecule has 7 heteroatoms. The number of thiophene rings is 1. The maximum Gasteiger partial charge on any atom is 0.227 e. The molecule has 0 aliphatic carbocycles. The number of carbonyl (C=O) groups is 1. The topological polar surface area (TPSA) is 58.6 Å². The number of hydrogen-bond donors (Lipinski definition) is 0. The van der Waals surface area contributed by atoms with Gasteiger partial charge in [-0.25, -0.2) is 0 Å². The van der Waals surface area contributed by atoms with Crippen molar-refractivity contribution in [3.63, 3.8) is 0 Å². The van der Waals surface area contributed by atoms with E-state index in [2.05, 4.69) is 15.1 Å². The molecule has 0 atom stereocenters. The average Bonchev–Trinajstić information content (AvgIpc) is 3.29. The van der Waals surface area contributed by atoms with Gasteiger partial charge >= 0.3 is 0 Å². The van der Waals surface area contributed by atoms with Crippen molar-refractivity contribution in [2.75, 3.05) is 38.2 Å². The first-order valence-corrected chi connectivity index (χ1v) is 10.1. The van der Waals surface area contributed by atoms with Crippen LogP contribution in [0.2, 0.25) is 0 Å². The van der Waals surface area contributed by atoms with Gasteiger partial charge in [0.2, 0.25) is 5.91 Å². The fourth-order valence-corrected chi connectivity index (χ4v) is 3.99. The second-order valence-corrected chi connectivity index (χ2v) is 7.60. The maximum absolute atomic E-state index is 12.6. The van der Waals surface area contributed by atoms with E-state index >= 15 is 0 Å². The highest BCUT2D eigenvalue weighted by Gasteiger charge is 2.22. The third-order valence-corrected chi connectivity index (χ3v) is 5.76. The number of aromatic nitrogens is 2. The molecular weight excluding hydrogens is 372 g/mol. The van der Waals surface area contributed by atoms with Crippen LogP contribution in [0, 0.1) is 0 Å². The molecule has 0 radical (unpaired) electrons. The van der Waals surface area contributed by atoms with Crippen LogP contribution in [-0.4, -0.2) is 54.3 Å². The average molecular weight is 395 g/mol. The van der Waals surface area contributed by atoms with E-state index in [0.29, 0.717) is 19.5 Å². The number of rotatable bonds is 5.